The van der Waals surface area contributed by atoms with Gasteiger partial charge in [0.15, 0.2) is 5.82 Å². The predicted octanol–water partition coefficient (Wildman–Crippen LogP) is 4.38. The first-order valence-electron chi connectivity index (χ1n) is 10.4. The molecule has 166 valence electrons. The van der Waals surface area contributed by atoms with Crippen molar-refractivity contribution in [3.05, 3.63) is 60.2 Å². The molecule has 1 atom stereocenters. The first kappa shape index (κ1) is 23.4. The second kappa shape index (κ2) is 9.88. The fraction of sp³-hybridized carbons (Fsp3) is 0.333. The molecule has 0 saturated heterocycles. The van der Waals surface area contributed by atoms with Crippen molar-refractivity contribution in [1.82, 2.24) is 14.9 Å². The van der Waals surface area contributed by atoms with Crippen LogP contribution in [0, 0.1) is 11.3 Å². The molecule has 0 aliphatic rings. The number of hydrogen-bond donors (Lipinski definition) is 1. The summed E-state index contributed by atoms with van der Waals surface area (Å²) in [6, 6.07) is 19.5. The Labute approximate surface area is 193 Å². The van der Waals surface area contributed by atoms with Crippen LogP contribution in [0.1, 0.15) is 39.7 Å². The summed E-state index contributed by atoms with van der Waals surface area (Å²) >= 11 is 1.25. The standard InChI is InChI=1S/C24H28N6OS/c1-17(22(31)29(16-8-15-25)20-9-6-5-7-10-20)32-23-28-27-21(30(23)26)18-11-13-19(14-12-18)24(2,3)4/h5-7,9-14,17H,8,16,26H2,1-4H3/t17-/m0/s1. The van der Waals surface area contributed by atoms with Crippen LogP contribution in [0.15, 0.2) is 59.8 Å². The van der Waals surface area contributed by atoms with Crippen molar-refractivity contribution in [1.29, 1.82) is 5.26 Å². The highest BCUT2D eigenvalue weighted by Gasteiger charge is 2.25. The van der Waals surface area contributed by atoms with Crippen molar-refractivity contribution in [2.45, 2.75) is 49.9 Å². The molecule has 2 aromatic carbocycles. The molecule has 0 spiro atoms. The summed E-state index contributed by atoms with van der Waals surface area (Å²) in [5.41, 5.74) is 2.89. The molecule has 32 heavy (non-hydrogen) atoms. The van der Waals surface area contributed by atoms with Gasteiger partial charge < -0.3 is 10.7 Å². The summed E-state index contributed by atoms with van der Waals surface area (Å²) in [7, 11) is 0. The maximum Gasteiger partial charge on any atom is 0.240 e. The fourth-order valence-corrected chi connectivity index (χ4v) is 4.07. The molecule has 0 aliphatic heterocycles. The summed E-state index contributed by atoms with van der Waals surface area (Å²) < 4.78 is 1.42. The van der Waals surface area contributed by atoms with Gasteiger partial charge in [-0.05, 0) is 30.0 Å². The van der Waals surface area contributed by atoms with Crippen LogP contribution in [0.2, 0.25) is 0 Å². The largest absolute Gasteiger partial charge is 0.335 e. The smallest absolute Gasteiger partial charge is 0.240 e. The molecule has 0 fully saturated rings. The number of nitrogen functional groups attached to an aromatic ring is 1. The number of rotatable bonds is 7. The van der Waals surface area contributed by atoms with E-state index in [1.165, 1.54) is 22.0 Å². The van der Waals surface area contributed by atoms with Crippen molar-refractivity contribution in [2.75, 3.05) is 17.3 Å². The molecule has 0 radical (unpaired) electrons. The van der Waals surface area contributed by atoms with Crippen molar-refractivity contribution < 1.29 is 4.79 Å². The number of nitrogens with zero attached hydrogens (tertiary/aromatic N) is 5. The van der Waals surface area contributed by atoms with Gasteiger partial charge in [-0.25, -0.2) is 4.68 Å². The molecule has 8 heteroatoms. The first-order chi connectivity index (χ1) is 15.2. The summed E-state index contributed by atoms with van der Waals surface area (Å²) in [6.07, 6.45) is 0.250. The molecule has 0 aliphatic carbocycles. The minimum absolute atomic E-state index is 0.0574. The number of carbonyl (C=O) groups excluding carboxylic acids is 1. The van der Waals surface area contributed by atoms with Gasteiger partial charge in [0.1, 0.15) is 0 Å². The van der Waals surface area contributed by atoms with Gasteiger partial charge >= 0.3 is 0 Å². The second-order valence-electron chi connectivity index (χ2n) is 8.50. The van der Waals surface area contributed by atoms with Gasteiger partial charge in [-0.15, -0.1) is 10.2 Å². The van der Waals surface area contributed by atoms with Crippen LogP contribution < -0.4 is 10.7 Å². The quantitative estimate of drug-likeness (QED) is 0.425. The third-order valence-corrected chi connectivity index (χ3v) is 6.13. The van der Waals surface area contributed by atoms with E-state index in [0.29, 0.717) is 17.5 Å². The van der Waals surface area contributed by atoms with Crippen LogP contribution in [0.4, 0.5) is 5.69 Å². The van der Waals surface area contributed by atoms with E-state index in [1.807, 2.05) is 49.4 Å². The molecule has 7 nitrogen and oxygen atoms in total. The van der Waals surface area contributed by atoms with Crippen molar-refractivity contribution in [2.24, 2.45) is 0 Å². The Balaban J connectivity index is 1.78. The molecule has 0 saturated carbocycles. The van der Waals surface area contributed by atoms with Crippen LogP contribution in [0.25, 0.3) is 11.4 Å². The Kier molecular flexibility index (Phi) is 7.21. The van der Waals surface area contributed by atoms with Crippen LogP contribution in [-0.4, -0.2) is 32.6 Å². The van der Waals surface area contributed by atoms with Crippen LogP contribution in [-0.2, 0) is 10.2 Å². The lowest BCUT2D eigenvalue weighted by Crippen LogP contribution is -2.37. The van der Waals surface area contributed by atoms with E-state index < -0.39 is 5.25 Å². The number of para-hydroxylation sites is 1. The van der Waals surface area contributed by atoms with E-state index in [0.717, 1.165) is 11.3 Å². The maximum absolute atomic E-state index is 13.2. The third kappa shape index (κ3) is 5.29. The van der Waals surface area contributed by atoms with Crippen LogP contribution >= 0.6 is 11.8 Å². The van der Waals surface area contributed by atoms with Crippen LogP contribution in [0.3, 0.4) is 0 Å². The summed E-state index contributed by atoms with van der Waals surface area (Å²) in [5, 5.41) is 17.4. The molecule has 1 aromatic heterocycles. The van der Waals surface area contributed by atoms with E-state index in [-0.39, 0.29) is 17.7 Å². The number of nitriles is 1. The number of nitrogens with two attached hydrogens (primary N) is 1. The minimum atomic E-state index is -0.462. The predicted molar refractivity (Wildman–Crippen MR) is 129 cm³/mol. The topological polar surface area (TPSA) is 101 Å². The lowest BCUT2D eigenvalue weighted by Gasteiger charge is -2.24. The van der Waals surface area contributed by atoms with Gasteiger partial charge in [0.25, 0.3) is 0 Å². The van der Waals surface area contributed by atoms with Gasteiger partial charge in [0.2, 0.25) is 11.1 Å². The highest BCUT2D eigenvalue weighted by Crippen LogP contribution is 2.29. The second-order valence-corrected chi connectivity index (χ2v) is 9.81. The third-order valence-electron chi connectivity index (χ3n) is 5.08. The summed E-state index contributed by atoms with van der Waals surface area (Å²) in [6.45, 7) is 8.62. The van der Waals surface area contributed by atoms with Crippen molar-refractivity contribution >= 4 is 23.4 Å². The van der Waals surface area contributed by atoms with Gasteiger partial charge in [-0.3, -0.25) is 4.79 Å². The van der Waals surface area contributed by atoms with Crippen molar-refractivity contribution in [3.63, 3.8) is 0 Å². The fourth-order valence-electron chi connectivity index (χ4n) is 3.24. The van der Waals surface area contributed by atoms with Gasteiger partial charge in [-0.2, -0.15) is 5.26 Å². The molecular formula is C24H28N6OS. The Morgan fingerprint density at radius 2 is 1.81 bits per heavy atom. The van der Waals surface area contributed by atoms with E-state index in [2.05, 4.69) is 49.2 Å². The van der Waals surface area contributed by atoms with Gasteiger partial charge in [0, 0.05) is 17.8 Å². The van der Waals surface area contributed by atoms with E-state index in [4.69, 9.17) is 11.1 Å². The average molecular weight is 449 g/mol. The Morgan fingerprint density at radius 1 is 1.16 bits per heavy atom. The molecule has 0 unspecified atom stereocenters. The highest BCUT2D eigenvalue weighted by molar-refractivity contribution is 8.00. The summed E-state index contributed by atoms with van der Waals surface area (Å²) in [5.74, 6) is 6.70. The molecule has 1 heterocycles. The maximum atomic E-state index is 13.2. The normalized spacial score (nSPS) is 12.2. The zero-order chi connectivity index (χ0) is 23.3. The number of aromatic nitrogens is 3. The molecular weight excluding hydrogens is 420 g/mol. The number of benzene rings is 2. The molecule has 1 amide bonds. The minimum Gasteiger partial charge on any atom is -0.335 e. The number of anilines is 1. The zero-order valence-corrected chi connectivity index (χ0v) is 19.6. The van der Waals surface area contributed by atoms with Crippen molar-refractivity contribution in [3.8, 4) is 17.5 Å². The first-order valence-corrected chi connectivity index (χ1v) is 11.3. The van der Waals surface area contributed by atoms with Gasteiger partial charge in [-0.1, -0.05) is 75.0 Å². The molecule has 0 bridgehead atoms. The highest BCUT2D eigenvalue weighted by atomic mass is 32.2. The number of carbonyl (C=O) groups is 1. The van der Waals surface area contributed by atoms with E-state index in [9.17, 15) is 4.79 Å². The van der Waals surface area contributed by atoms with Gasteiger partial charge in [0.05, 0.1) is 17.7 Å². The van der Waals surface area contributed by atoms with Crippen LogP contribution in [0.5, 0.6) is 0 Å². The number of thioether (sulfide) groups is 1. The van der Waals surface area contributed by atoms with E-state index in [1.54, 1.807) is 4.90 Å². The number of amides is 1. The summed E-state index contributed by atoms with van der Waals surface area (Å²) in [4.78, 5) is 14.8. The Bertz CT molecular complexity index is 1100. The molecule has 3 aromatic rings. The average Bonchev–Trinajstić information content (AvgIpc) is 3.14. The molecule has 2 N–H and O–H groups in total. The lowest BCUT2D eigenvalue weighted by molar-refractivity contribution is -0.117. The SMILES string of the molecule is C[C@H](Sc1nnc(-c2ccc(C(C)(C)C)cc2)n1N)C(=O)N(CCC#N)c1ccccc1. The Morgan fingerprint density at radius 3 is 2.41 bits per heavy atom. The monoisotopic (exact) mass is 448 g/mol. The van der Waals surface area contributed by atoms with E-state index >= 15 is 0 Å². The Hall–Kier alpha value is -3.31. The lowest BCUT2D eigenvalue weighted by atomic mass is 9.87. The molecule has 3 rings (SSSR count). The zero-order valence-electron chi connectivity index (χ0n) is 18.8. The number of hydrogen-bond acceptors (Lipinski definition) is 6.